The maximum Gasteiger partial charge on any atom is 0.277 e. The van der Waals surface area contributed by atoms with E-state index in [9.17, 15) is 4.79 Å². The minimum absolute atomic E-state index is 0.186. The van der Waals surface area contributed by atoms with E-state index in [0.29, 0.717) is 11.4 Å². The Bertz CT molecular complexity index is 655. The quantitative estimate of drug-likeness (QED) is 0.700. The molecular weight excluding hydrogens is 258 g/mol. The molecule has 0 bridgehead atoms. The highest BCUT2D eigenvalue weighted by Gasteiger charge is 2.12. The van der Waals surface area contributed by atoms with Gasteiger partial charge in [0, 0.05) is 5.56 Å². The number of nitrogens with two attached hydrogens (primary N) is 1. The number of benzene rings is 1. The van der Waals surface area contributed by atoms with Crippen LogP contribution in [0.25, 0.3) is 0 Å². The standard InChI is InChI=1S/C13H13N5O2/c1-20-12-5-4-9(3-2-6-14)7-10(12)16-13(19)11-8-15-18-17-11/h4-5,7-8H,6,14H2,1H3,(H,16,19)(H,15,17,18). The first-order valence-electron chi connectivity index (χ1n) is 5.78. The van der Waals surface area contributed by atoms with Crippen molar-refractivity contribution in [3.63, 3.8) is 0 Å². The van der Waals surface area contributed by atoms with Gasteiger partial charge in [0.25, 0.3) is 5.91 Å². The molecule has 1 aromatic heterocycles. The molecule has 0 spiro atoms. The van der Waals surface area contributed by atoms with E-state index in [4.69, 9.17) is 10.5 Å². The van der Waals surface area contributed by atoms with Crippen LogP contribution in [0.4, 0.5) is 5.69 Å². The van der Waals surface area contributed by atoms with Crippen LogP contribution in [0.2, 0.25) is 0 Å². The molecule has 1 amide bonds. The van der Waals surface area contributed by atoms with E-state index < -0.39 is 0 Å². The molecule has 0 unspecified atom stereocenters. The molecule has 7 heteroatoms. The smallest absolute Gasteiger partial charge is 0.277 e. The van der Waals surface area contributed by atoms with Gasteiger partial charge in [0.2, 0.25) is 0 Å². The topological polar surface area (TPSA) is 106 Å². The molecule has 2 aromatic rings. The Labute approximate surface area is 115 Å². The highest BCUT2D eigenvalue weighted by Crippen LogP contribution is 2.25. The fourth-order valence-corrected chi connectivity index (χ4v) is 1.53. The summed E-state index contributed by atoms with van der Waals surface area (Å²) in [5.74, 6) is 5.78. The number of aromatic nitrogens is 3. The second-order valence-corrected chi connectivity index (χ2v) is 3.73. The molecule has 0 radical (unpaired) electrons. The summed E-state index contributed by atoms with van der Waals surface area (Å²) in [4.78, 5) is 11.9. The molecule has 7 nitrogen and oxygen atoms in total. The van der Waals surface area contributed by atoms with Crippen LogP contribution < -0.4 is 15.8 Å². The Morgan fingerprint density at radius 1 is 1.55 bits per heavy atom. The third-order valence-corrected chi connectivity index (χ3v) is 2.43. The lowest BCUT2D eigenvalue weighted by Gasteiger charge is -2.09. The van der Waals surface area contributed by atoms with Crippen LogP contribution in [-0.2, 0) is 0 Å². The molecule has 1 heterocycles. The lowest BCUT2D eigenvalue weighted by molar-refractivity contribution is 0.102. The third-order valence-electron chi connectivity index (χ3n) is 2.43. The van der Waals surface area contributed by atoms with Crippen LogP contribution in [0.5, 0.6) is 5.75 Å². The Balaban J connectivity index is 2.26. The predicted molar refractivity (Wildman–Crippen MR) is 73.3 cm³/mol. The van der Waals surface area contributed by atoms with Crippen molar-refractivity contribution in [2.45, 2.75) is 0 Å². The van der Waals surface area contributed by atoms with E-state index >= 15 is 0 Å². The summed E-state index contributed by atoms with van der Waals surface area (Å²) in [6.07, 6.45) is 1.33. The van der Waals surface area contributed by atoms with Crippen LogP contribution in [0.3, 0.4) is 0 Å². The first-order valence-corrected chi connectivity index (χ1v) is 5.78. The zero-order valence-electron chi connectivity index (χ0n) is 10.8. The molecule has 0 saturated heterocycles. The molecule has 0 aliphatic heterocycles. The summed E-state index contributed by atoms with van der Waals surface area (Å²) >= 11 is 0. The van der Waals surface area contributed by atoms with Gasteiger partial charge in [-0.1, -0.05) is 11.8 Å². The van der Waals surface area contributed by atoms with Gasteiger partial charge >= 0.3 is 0 Å². The molecule has 2 rings (SSSR count). The Morgan fingerprint density at radius 3 is 3.05 bits per heavy atom. The van der Waals surface area contributed by atoms with Crippen LogP contribution in [-0.4, -0.2) is 35.0 Å². The van der Waals surface area contributed by atoms with E-state index in [2.05, 4.69) is 32.6 Å². The number of amides is 1. The van der Waals surface area contributed by atoms with E-state index in [1.54, 1.807) is 18.2 Å². The average molecular weight is 271 g/mol. The number of carbonyl (C=O) groups excluding carboxylic acids is 1. The minimum atomic E-state index is -0.388. The van der Waals surface area contributed by atoms with Crippen molar-refractivity contribution in [2.24, 2.45) is 5.73 Å². The summed E-state index contributed by atoms with van der Waals surface area (Å²) in [6, 6.07) is 5.21. The number of nitrogens with zero attached hydrogens (tertiary/aromatic N) is 2. The van der Waals surface area contributed by atoms with Gasteiger partial charge in [0.15, 0.2) is 5.69 Å². The molecule has 20 heavy (non-hydrogen) atoms. The van der Waals surface area contributed by atoms with E-state index in [-0.39, 0.29) is 18.1 Å². The molecule has 0 saturated carbocycles. The van der Waals surface area contributed by atoms with Crippen molar-refractivity contribution in [2.75, 3.05) is 19.0 Å². The van der Waals surface area contributed by atoms with E-state index in [0.717, 1.165) is 5.56 Å². The second-order valence-electron chi connectivity index (χ2n) is 3.73. The number of carbonyl (C=O) groups is 1. The SMILES string of the molecule is COc1ccc(C#CCN)cc1NC(=O)c1cn[nH]n1. The van der Waals surface area contributed by atoms with Gasteiger partial charge in [-0.15, -0.1) is 0 Å². The Morgan fingerprint density at radius 2 is 2.40 bits per heavy atom. The van der Waals surface area contributed by atoms with Gasteiger partial charge in [0.05, 0.1) is 25.5 Å². The Kier molecular flexibility index (Phi) is 4.32. The van der Waals surface area contributed by atoms with Crippen molar-refractivity contribution in [3.05, 3.63) is 35.7 Å². The second kappa shape index (κ2) is 6.36. The number of nitrogens with one attached hydrogen (secondary N) is 2. The van der Waals surface area contributed by atoms with Gasteiger partial charge in [-0.3, -0.25) is 4.79 Å². The molecule has 0 fully saturated rings. The third kappa shape index (κ3) is 3.13. The van der Waals surface area contributed by atoms with Crippen molar-refractivity contribution >= 4 is 11.6 Å². The summed E-state index contributed by atoms with van der Waals surface area (Å²) < 4.78 is 5.19. The van der Waals surface area contributed by atoms with Gasteiger partial charge in [-0.2, -0.15) is 15.4 Å². The summed E-state index contributed by atoms with van der Waals surface area (Å²) in [7, 11) is 1.52. The zero-order chi connectivity index (χ0) is 14.4. The maximum atomic E-state index is 11.9. The number of ether oxygens (including phenoxy) is 1. The Hall–Kier alpha value is -2.85. The van der Waals surface area contributed by atoms with Crippen LogP contribution in [0.15, 0.2) is 24.4 Å². The van der Waals surface area contributed by atoms with Crippen LogP contribution in [0, 0.1) is 11.8 Å². The zero-order valence-corrected chi connectivity index (χ0v) is 10.8. The summed E-state index contributed by atoms with van der Waals surface area (Å²) in [5, 5.41) is 12.4. The van der Waals surface area contributed by atoms with Crippen molar-refractivity contribution in [1.82, 2.24) is 15.4 Å². The van der Waals surface area contributed by atoms with Gasteiger partial charge < -0.3 is 15.8 Å². The molecule has 0 aliphatic carbocycles. The van der Waals surface area contributed by atoms with Gasteiger partial charge in [-0.25, -0.2) is 0 Å². The van der Waals surface area contributed by atoms with Crippen LogP contribution in [0.1, 0.15) is 16.1 Å². The molecule has 0 aliphatic rings. The number of hydrogen-bond acceptors (Lipinski definition) is 5. The number of anilines is 1. The molecule has 4 N–H and O–H groups in total. The first kappa shape index (κ1) is 13.6. The van der Waals surface area contributed by atoms with E-state index in [1.807, 2.05) is 0 Å². The monoisotopic (exact) mass is 271 g/mol. The highest BCUT2D eigenvalue weighted by atomic mass is 16.5. The molecule has 0 atom stereocenters. The molecule has 1 aromatic carbocycles. The number of H-pyrrole nitrogens is 1. The van der Waals surface area contributed by atoms with Gasteiger partial charge in [0.1, 0.15) is 5.75 Å². The first-order chi connectivity index (χ1) is 9.74. The van der Waals surface area contributed by atoms with Gasteiger partial charge in [-0.05, 0) is 18.2 Å². The van der Waals surface area contributed by atoms with Crippen LogP contribution >= 0.6 is 0 Å². The summed E-state index contributed by atoms with van der Waals surface area (Å²) in [5.41, 5.74) is 6.75. The average Bonchev–Trinajstić information content (AvgIpc) is 2.99. The molecule has 102 valence electrons. The van der Waals surface area contributed by atoms with Crippen molar-refractivity contribution < 1.29 is 9.53 Å². The maximum absolute atomic E-state index is 11.9. The summed E-state index contributed by atoms with van der Waals surface area (Å²) in [6.45, 7) is 0.270. The largest absolute Gasteiger partial charge is 0.495 e. The lowest BCUT2D eigenvalue weighted by atomic mass is 10.2. The molecular formula is C13H13N5O2. The fourth-order valence-electron chi connectivity index (χ4n) is 1.53. The number of rotatable bonds is 3. The van der Waals surface area contributed by atoms with Crippen molar-refractivity contribution in [3.8, 4) is 17.6 Å². The van der Waals surface area contributed by atoms with Crippen molar-refractivity contribution in [1.29, 1.82) is 0 Å². The predicted octanol–water partition coefficient (Wildman–Crippen LogP) is 0.376. The fraction of sp³-hybridized carbons (Fsp3) is 0.154. The normalized spacial score (nSPS) is 9.50. The minimum Gasteiger partial charge on any atom is -0.495 e. The lowest BCUT2D eigenvalue weighted by Crippen LogP contribution is -2.13. The van der Waals surface area contributed by atoms with E-state index in [1.165, 1.54) is 13.3 Å². The number of hydrogen-bond donors (Lipinski definition) is 3. The number of aromatic amines is 1. The highest BCUT2D eigenvalue weighted by molar-refractivity contribution is 6.03. The number of methoxy groups -OCH3 is 1.